The lowest BCUT2D eigenvalue weighted by Gasteiger charge is -2.24. The summed E-state index contributed by atoms with van der Waals surface area (Å²) in [6.07, 6.45) is 9.09. The topological polar surface area (TPSA) is 58.6 Å². The van der Waals surface area contributed by atoms with E-state index in [2.05, 4.69) is 22.4 Å². The lowest BCUT2D eigenvalue weighted by molar-refractivity contribution is -0.120. The molecule has 5 nitrogen and oxygen atoms in total. The smallest absolute Gasteiger partial charge is 0.337 e. The molecule has 1 aromatic carbocycles. The summed E-state index contributed by atoms with van der Waals surface area (Å²) >= 11 is 0. The Morgan fingerprint density at radius 2 is 2.00 bits per heavy atom. The highest BCUT2D eigenvalue weighted by Gasteiger charge is 2.23. The third-order valence-electron chi connectivity index (χ3n) is 4.76. The summed E-state index contributed by atoms with van der Waals surface area (Å²) in [5, 5.41) is 3.05. The predicted molar refractivity (Wildman–Crippen MR) is 94.3 cm³/mol. The van der Waals surface area contributed by atoms with Crippen molar-refractivity contribution in [3.8, 4) is 0 Å². The van der Waals surface area contributed by atoms with E-state index in [1.807, 2.05) is 6.07 Å². The van der Waals surface area contributed by atoms with Gasteiger partial charge in [0.15, 0.2) is 0 Å². The molecule has 1 amide bonds. The maximum absolute atomic E-state index is 12.6. The van der Waals surface area contributed by atoms with Crippen molar-refractivity contribution in [2.75, 3.05) is 30.4 Å². The number of hydrogen-bond acceptors (Lipinski definition) is 4. The van der Waals surface area contributed by atoms with Gasteiger partial charge in [-0.05, 0) is 50.3 Å². The Hall–Kier alpha value is -2.30. The number of carbonyl (C=O) groups is 2. The Bertz CT molecular complexity index is 648. The Kier molecular flexibility index (Phi) is 5.18. The van der Waals surface area contributed by atoms with E-state index in [1.54, 1.807) is 12.1 Å². The lowest BCUT2D eigenvalue weighted by atomic mass is 9.93. The largest absolute Gasteiger partial charge is 0.465 e. The van der Waals surface area contributed by atoms with Crippen LogP contribution < -0.4 is 10.2 Å². The van der Waals surface area contributed by atoms with Gasteiger partial charge in [0.25, 0.3) is 0 Å². The molecule has 1 heterocycles. The zero-order chi connectivity index (χ0) is 16.9. The van der Waals surface area contributed by atoms with Gasteiger partial charge in [0.2, 0.25) is 5.91 Å². The van der Waals surface area contributed by atoms with E-state index in [0.29, 0.717) is 11.3 Å². The Morgan fingerprint density at radius 1 is 1.21 bits per heavy atom. The maximum atomic E-state index is 12.6. The van der Waals surface area contributed by atoms with Gasteiger partial charge < -0.3 is 15.0 Å². The minimum Gasteiger partial charge on any atom is -0.465 e. The first-order chi connectivity index (χ1) is 11.7. The summed E-state index contributed by atoms with van der Waals surface area (Å²) in [7, 11) is 1.36. The van der Waals surface area contributed by atoms with Gasteiger partial charge >= 0.3 is 5.97 Å². The Labute approximate surface area is 142 Å². The minimum atomic E-state index is -0.390. The van der Waals surface area contributed by atoms with Crippen LogP contribution in [0.25, 0.3) is 0 Å². The van der Waals surface area contributed by atoms with E-state index >= 15 is 0 Å². The fraction of sp³-hybridized carbons (Fsp3) is 0.474. The van der Waals surface area contributed by atoms with Gasteiger partial charge in [0, 0.05) is 19.0 Å². The summed E-state index contributed by atoms with van der Waals surface area (Å²) < 4.78 is 4.80. The number of carbonyl (C=O) groups excluding carboxylic acids is 2. The summed E-state index contributed by atoms with van der Waals surface area (Å²) in [5.74, 6) is -0.357. The van der Waals surface area contributed by atoms with Crippen LogP contribution in [0.1, 0.15) is 42.5 Å². The van der Waals surface area contributed by atoms with Crippen molar-refractivity contribution >= 4 is 23.3 Å². The van der Waals surface area contributed by atoms with Gasteiger partial charge in [-0.3, -0.25) is 4.79 Å². The number of amides is 1. The molecule has 0 aromatic heterocycles. The second-order valence-electron chi connectivity index (χ2n) is 6.39. The molecule has 1 atom stereocenters. The van der Waals surface area contributed by atoms with Crippen LogP contribution >= 0.6 is 0 Å². The van der Waals surface area contributed by atoms with Crippen LogP contribution in [0.3, 0.4) is 0 Å². The monoisotopic (exact) mass is 328 g/mol. The fourth-order valence-electron chi connectivity index (χ4n) is 3.38. The quantitative estimate of drug-likeness (QED) is 0.680. The molecule has 0 saturated carbocycles. The highest BCUT2D eigenvalue weighted by atomic mass is 16.5. The summed E-state index contributed by atoms with van der Waals surface area (Å²) in [6, 6.07) is 5.41. The van der Waals surface area contributed by atoms with Crippen molar-refractivity contribution < 1.29 is 14.3 Å². The molecular formula is C19H24N2O3. The molecule has 24 heavy (non-hydrogen) atoms. The number of nitrogens with zero attached hydrogens (tertiary/aromatic N) is 1. The average molecular weight is 328 g/mol. The molecule has 0 bridgehead atoms. The second-order valence-corrected chi connectivity index (χ2v) is 6.39. The zero-order valence-corrected chi connectivity index (χ0v) is 14.1. The number of anilines is 2. The molecule has 1 fully saturated rings. The van der Waals surface area contributed by atoms with Crippen LogP contribution in [-0.2, 0) is 9.53 Å². The van der Waals surface area contributed by atoms with E-state index in [9.17, 15) is 9.59 Å². The summed E-state index contributed by atoms with van der Waals surface area (Å²) in [4.78, 5) is 26.7. The standard InChI is InChI=1S/C19H24N2O3/c1-24-19(23)15-9-10-17(21-11-5-6-12-21)16(13-15)20-18(22)14-7-3-2-4-8-14/h2-3,9-10,13-14H,4-8,11-12H2,1H3,(H,20,22)/t14-/m0/s1. The fourth-order valence-corrected chi connectivity index (χ4v) is 3.38. The molecule has 1 aliphatic heterocycles. The summed E-state index contributed by atoms with van der Waals surface area (Å²) in [6.45, 7) is 1.96. The molecule has 0 spiro atoms. The molecule has 2 aliphatic rings. The normalized spacial score (nSPS) is 20.0. The van der Waals surface area contributed by atoms with Crippen molar-refractivity contribution in [3.63, 3.8) is 0 Å². The molecule has 3 rings (SSSR count). The van der Waals surface area contributed by atoms with E-state index in [0.717, 1.165) is 50.9 Å². The van der Waals surface area contributed by atoms with Gasteiger partial charge in [-0.25, -0.2) is 4.79 Å². The molecule has 0 radical (unpaired) electrons. The number of benzene rings is 1. The molecule has 5 heteroatoms. The second kappa shape index (κ2) is 7.51. The minimum absolute atomic E-state index is 0.00297. The van der Waals surface area contributed by atoms with Gasteiger partial charge in [-0.15, -0.1) is 0 Å². The number of hydrogen-bond donors (Lipinski definition) is 1. The van der Waals surface area contributed by atoms with Crippen LogP contribution in [-0.4, -0.2) is 32.1 Å². The SMILES string of the molecule is COC(=O)c1ccc(N2CCCC2)c(NC(=O)[C@H]2CC=CCC2)c1. The third kappa shape index (κ3) is 3.61. The molecule has 1 aliphatic carbocycles. The van der Waals surface area contributed by atoms with E-state index in [-0.39, 0.29) is 17.8 Å². The van der Waals surface area contributed by atoms with Crippen molar-refractivity contribution in [1.82, 2.24) is 0 Å². The number of rotatable bonds is 4. The predicted octanol–water partition coefficient (Wildman–Crippen LogP) is 3.37. The van der Waals surface area contributed by atoms with E-state index in [4.69, 9.17) is 4.74 Å². The molecule has 1 aromatic rings. The van der Waals surface area contributed by atoms with Gasteiger partial charge in [-0.2, -0.15) is 0 Å². The van der Waals surface area contributed by atoms with Crippen molar-refractivity contribution in [2.45, 2.75) is 32.1 Å². The number of nitrogens with one attached hydrogen (secondary N) is 1. The van der Waals surface area contributed by atoms with Crippen molar-refractivity contribution in [1.29, 1.82) is 0 Å². The number of esters is 1. The first-order valence-electron chi connectivity index (χ1n) is 8.62. The first-order valence-corrected chi connectivity index (χ1v) is 8.62. The van der Waals surface area contributed by atoms with E-state index in [1.165, 1.54) is 7.11 Å². The van der Waals surface area contributed by atoms with E-state index < -0.39 is 0 Å². The third-order valence-corrected chi connectivity index (χ3v) is 4.76. The Balaban J connectivity index is 1.85. The number of ether oxygens (including phenoxy) is 1. The zero-order valence-electron chi connectivity index (χ0n) is 14.1. The van der Waals surface area contributed by atoms with Crippen molar-refractivity contribution in [3.05, 3.63) is 35.9 Å². The molecule has 0 unspecified atom stereocenters. The molecule has 1 saturated heterocycles. The molecule has 1 N–H and O–H groups in total. The van der Waals surface area contributed by atoms with Crippen LogP contribution in [0, 0.1) is 5.92 Å². The lowest BCUT2D eigenvalue weighted by Crippen LogP contribution is -2.26. The highest BCUT2D eigenvalue weighted by molar-refractivity contribution is 5.99. The van der Waals surface area contributed by atoms with Crippen LogP contribution in [0.5, 0.6) is 0 Å². The number of methoxy groups -OCH3 is 1. The average Bonchev–Trinajstić information content (AvgIpc) is 3.16. The summed E-state index contributed by atoms with van der Waals surface area (Å²) in [5.41, 5.74) is 2.15. The molecule has 128 valence electrons. The van der Waals surface area contributed by atoms with Gasteiger partial charge in [0.05, 0.1) is 24.0 Å². The van der Waals surface area contributed by atoms with Gasteiger partial charge in [-0.1, -0.05) is 12.2 Å². The van der Waals surface area contributed by atoms with Crippen LogP contribution in [0.2, 0.25) is 0 Å². The Morgan fingerprint density at radius 3 is 2.67 bits per heavy atom. The number of allylic oxidation sites excluding steroid dienone is 2. The highest BCUT2D eigenvalue weighted by Crippen LogP contribution is 2.31. The van der Waals surface area contributed by atoms with Crippen LogP contribution in [0.15, 0.2) is 30.4 Å². The van der Waals surface area contributed by atoms with Crippen LogP contribution in [0.4, 0.5) is 11.4 Å². The first kappa shape index (κ1) is 16.6. The molecular weight excluding hydrogens is 304 g/mol. The van der Waals surface area contributed by atoms with Crippen molar-refractivity contribution in [2.24, 2.45) is 5.92 Å². The van der Waals surface area contributed by atoms with Gasteiger partial charge in [0.1, 0.15) is 0 Å². The maximum Gasteiger partial charge on any atom is 0.337 e.